The van der Waals surface area contributed by atoms with Crippen molar-refractivity contribution < 1.29 is 4.74 Å². The predicted molar refractivity (Wildman–Crippen MR) is 49.4 cm³/mol. The van der Waals surface area contributed by atoms with Crippen LogP contribution in [0.15, 0.2) is 11.1 Å². The lowest BCUT2D eigenvalue weighted by Crippen LogP contribution is -1.93. The molecule has 0 aromatic rings. The van der Waals surface area contributed by atoms with Gasteiger partial charge in [0.15, 0.2) is 0 Å². The van der Waals surface area contributed by atoms with Crippen molar-refractivity contribution in [2.75, 3.05) is 6.61 Å². The summed E-state index contributed by atoms with van der Waals surface area (Å²) in [5, 5.41) is 0. The van der Waals surface area contributed by atoms with Gasteiger partial charge < -0.3 is 4.74 Å². The lowest BCUT2D eigenvalue weighted by atomic mass is 10.4. The van der Waals surface area contributed by atoms with Gasteiger partial charge in [0.25, 0.3) is 0 Å². The first-order valence-electron chi connectivity index (χ1n) is 3.76. The molecular weight excluding hydrogens is 204 g/mol. The Hall–Kier alpha value is -0.260. The molecule has 0 amide bonds. The highest BCUT2D eigenvalue weighted by Crippen LogP contribution is 2.32. The average Bonchev–Trinajstić information content (AvgIpc) is 2.70. The third-order valence-corrected chi connectivity index (χ3v) is 1.79. The van der Waals surface area contributed by atoms with Crippen molar-refractivity contribution in [1.82, 2.24) is 0 Å². The highest BCUT2D eigenvalue weighted by atomic mass is 79.9. The largest absolute Gasteiger partial charge is 0.377 e. The van der Waals surface area contributed by atoms with Crippen molar-refractivity contribution in [2.24, 2.45) is 5.92 Å². The highest BCUT2D eigenvalue weighted by Gasteiger charge is 2.36. The maximum absolute atomic E-state index is 5.36. The van der Waals surface area contributed by atoms with Gasteiger partial charge in [0.05, 0.1) is 6.10 Å². The second-order valence-corrected chi connectivity index (χ2v) is 2.95. The molecule has 2 heteroatoms. The van der Waals surface area contributed by atoms with Crippen LogP contribution in [-0.4, -0.2) is 12.7 Å². The number of halogens is 1. The summed E-state index contributed by atoms with van der Waals surface area (Å²) in [6, 6.07) is 0. The van der Waals surface area contributed by atoms with Crippen molar-refractivity contribution in [3.05, 3.63) is 11.1 Å². The molecule has 0 bridgehead atoms. The first-order valence-corrected chi connectivity index (χ1v) is 4.68. The van der Waals surface area contributed by atoms with E-state index in [9.17, 15) is 0 Å². The minimum atomic E-state index is 0.413. The van der Waals surface area contributed by atoms with Crippen molar-refractivity contribution in [3.63, 3.8) is 0 Å². The van der Waals surface area contributed by atoms with Gasteiger partial charge in [-0.2, -0.15) is 0 Å². The fourth-order valence-corrected chi connectivity index (χ4v) is 1.04. The summed E-state index contributed by atoms with van der Waals surface area (Å²) >= 11 is 3.15. The Morgan fingerprint density at radius 2 is 2.55 bits per heavy atom. The van der Waals surface area contributed by atoms with Gasteiger partial charge in [0.1, 0.15) is 0 Å². The maximum atomic E-state index is 5.36. The van der Waals surface area contributed by atoms with E-state index >= 15 is 0 Å². The highest BCUT2D eigenvalue weighted by molar-refractivity contribution is 9.11. The minimum Gasteiger partial charge on any atom is -0.377 e. The number of hydrogen-bond donors (Lipinski definition) is 0. The molecule has 1 saturated carbocycles. The number of hydrogen-bond acceptors (Lipinski definition) is 1. The van der Waals surface area contributed by atoms with Crippen molar-refractivity contribution in [2.45, 2.75) is 19.4 Å². The van der Waals surface area contributed by atoms with Gasteiger partial charge in [-0.25, -0.2) is 0 Å². The summed E-state index contributed by atoms with van der Waals surface area (Å²) < 4.78 is 5.36. The van der Waals surface area contributed by atoms with Crippen LogP contribution in [0.25, 0.3) is 0 Å². The number of rotatable bonds is 2. The van der Waals surface area contributed by atoms with E-state index in [0.717, 1.165) is 13.0 Å². The van der Waals surface area contributed by atoms with Crippen LogP contribution in [0.4, 0.5) is 0 Å². The summed E-state index contributed by atoms with van der Waals surface area (Å²) in [6.45, 7) is 2.82. The third kappa shape index (κ3) is 3.09. The lowest BCUT2D eigenvalue weighted by Gasteiger charge is -1.92. The molecule has 0 heterocycles. The second kappa shape index (κ2) is 4.58. The van der Waals surface area contributed by atoms with E-state index in [-0.39, 0.29) is 0 Å². The number of ether oxygens (including phenoxy) is 1. The maximum Gasteiger partial charge on any atom is 0.0726 e. The van der Waals surface area contributed by atoms with Crippen LogP contribution in [-0.2, 0) is 4.74 Å². The molecule has 1 fully saturated rings. The molecule has 0 aromatic heterocycles. The molecule has 0 N–H and O–H groups in total. The Bertz CT molecular complexity index is 199. The molecule has 1 aliphatic rings. The molecule has 1 nitrogen and oxygen atoms in total. The van der Waals surface area contributed by atoms with Crippen molar-refractivity contribution >= 4 is 15.9 Å². The van der Waals surface area contributed by atoms with Crippen LogP contribution in [0, 0.1) is 17.8 Å². The van der Waals surface area contributed by atoms with Gasteiger partial charge in [-0.05, 0) is 24.4 Å². The molecule has 0 aromatic carbocycles. The van der Waals surface area contributed by atoms with Crippen LogP contribution in [0.1, 0.15) is 13.3 Å². The first-order chi connectivity index (χ1) is 5.38. The zero-order chi connectivity index (χ0) is 8.10. The molecule has 2 atom stereocenters. The molecule has 0 spiro atoms. The number of allylic oxidation sites excluding steroid dienone is 1. The zero-order valence-corrected chi connectivity index (χ0v) is 8.10. The SMILES string of the molecule is CCO[C@@H]1C[C@H]1C#C/C=C\Br. The van der Waals surface area contributed by atoms with E-state index in [4.69, 9.17) is 4.74 Å². The Labute approximate surface area is 75.9 Å². The van der Waals surface area contributed by atoms with E-state index in [1.807, 2.05) is 6.92 Å². The van der Waals surface area contributed by atoms with Gasteiger partial charge in [-0.15, -0.1) is 0 Å². The molecule has 1 rings (SSSR count). The molecule has 1 aliphatic carbocycles. The second-order valence-electron chi connectivity index (χ2n) is 2.42. The molecule has 0 aliphatic heterocycles. The van der Waals surface area contributed by atoms with Gasteiger partial charge in [0.2, 0.25) is 0 Å². The Morgan fingerprint density at radius 1 is 1.73 bits per heavy atom. The molecular formula is C9H11BrO. The molecule has 0 radical (unpaired) electrons. The predicted octanol–water partition coefficient (Wildman–Crippen LogP) is 2.32. The third-order valence-electron chi connectivity index (χ3n) is 1.53. The van der Waals surface area contributed by atoms with Crippen LogP contribution < -0.4 is 0 Å². The summed E-state index contributed by atoms with van der Waals surface area (Å²) in [5.74, 6) is 6.51. The monoisotopic (exact) mass is 214 g/mol. The Morgan fingerprint density at radius 3 is 3.18 bits per heavy atom. The molecule has 60 valence electrons. The Kier molecular flexibility index (Phi) is 3.68. The van der Waals surface area contributed by atoms with E-state index < -0.39 is 0 Å². The van der Waals surface area contributed by atoms with E-state index in [0.29, 0.717) is 12.0 Å². The van der Waals surface area contributed by atoms with Crippen molar-refractivity contribution in [1.29, 1.82) is 0 Å². The minimum absolute atomic E-state index is 0.413. The van der Waals surface area contributed by atoms with Crippen molar-refractivity contribution in [3.8, 4) is 11.8 Å². The van der Waals surface area contributed by atoms with E-state index in [1.54, 1.807) is 11.1 Å². The fraction of sp³-hybridized carbons (Fsp3) is 0.556. The van der Waals surface area contributed by atoms with Crippen LogP contribution in [0.5, 0.6) is 0 Å². The van der Waals surface area contributed by atoms with Crippen LogP contribution in [0.3, 0.4) is 0 Å². The molecule has 0 saturated heterocycles. The normalized spacial score (nSPS) is 28.2. The fourth-order valence-electron chi connectivity index (χ4n) is 0.909. The van der Waals surface area contributed by atoms with E-state index in [2.05, 4.69) is 27.8 Å². The summed E-state index contributed by atoms with van der Waals surface area (Å²) in [5.41, 5.74) is 0. The summed E-state index contributed by atoms with van der Waals surface area (Å²) in [4.78, 5) is 1.76. The van der Waals surface area contributed by atoms with Gasteiger partial charge in [-0.3, -0.25) is 0 Å². The van der Waals surface area contributed by atoms with Gasteiger partial charge in [0, 0.05) is 12.5 Å². The summed E-state index contributed by atoms with van der Waals surface area (Å²) in [6.07, 6.45) is 3.31. The van der Waals surface area contributed by atoms with Crippen LogP contribution in [0.2, 0.25) is 0 Å². The lowest BCUT2D eigenvalue weighted by molar-refractivity contribution is 0.127. The molecule has 11 heavy (non-hydrogen) atoms. The topological polar surface area (TPSA) is 9.23 Å². The summed E-state index contributed by atoms with van der Waals surface area (Å²) in [7, 11) is 0. The van der Waals surface area contributed by atoms with E-state index in [1.165, 1.54) is 0 Å². The zero-order valence-electron chi connectivity index (χ0n) is 6.51. The van der Waals surface area contributed by atoms with Gasteiger partial charge in [-0.1, -0.05) is 27.8 Å². The quantitative estimate of drug-likeness (QED) is 0.642. The smallest absolute Gasteiger partial charge is 0.0726 e. The van der Waals surface area contributed by atoms with Gasteiger partial charge >= 0.3 is 0 Å². The Balaban J connectivity index is 2.18. The standard InChI is InChI=1S/C9H11BrO/c1-2-11-9-7-8(9)5-3-4-6-10/h4,6,8-9H,2,7H2,1H3/b6-4-/t8-,9-/m1/s1. The average molecular weight is 215 g/mol. The molecule has 0 unspecified atom stereocenters. The van der Waals surface area contributed by atoms with Crippen LogP contribution >= 0.6 is 15.9 Å². The first kappa shape index (κ1) is 8.83.